The van der Waals surface area contributed by atoms with Crippen molar-refractivity contribution in [3.63, 3.8) is 0 Å². The van der Waals surface area contributed by atoms with E-state index >= 15 is 0 Å². The van der Waals surface area contributed by atoms with Gasteiger partial charge in [-0.2, -0.15) is 0 Å². The monoisotopic (exact) mass is 780 g/mol. The van der Waals surface area contributed by atoms with Crippen LogP contribution >= 0.6 is 0 Å². The van der Waals surface area contributed by atoms with Crippen LogP contribution < -0.4 is 31.5 Å². The smallest absolute Gasteiger partial charge is 0.322 e. The maximum Gasteiger partial charge on any atom is 0.322 e. The highest BCUT2D eigenvalue weighted by molar-refractivity contribution is 6.25. The number of carbonyl (C=O) groups excluding carboxylic acids is 6. The third kappa shape index (κ3) is 9.60. The van der Waals surface area contributed by atoms with Gasteiger partial charge in [0.15, 0.2) is 0 Å². The lowest BCUT2D eigenvalue weighted by molar-refractivity contribution is -0.136. The fourth-order valence-corrected chi connectivity index (χ4v) is 6.43. The number of aromatic nitrogens is 3. The predicted molar refractivity (Wildman–Crippen MR) is 205 cm³/mol. The van der Waals surface area contributed by atoms with Crippen LogP contribution in [0.3, 0.4) is 0 Å². The Bertz CT molecular complexity index is 2120. The van der Waals surface area contributed by atoms with E-state index in [0.29, 0.717) is 54.6 Å². The number of nitrogens with one attached hydrogen (secondary N) is 5. The third-order valence-electron chi connectivity index (χ3n) is 9.61. The number of hydrogen-bond donors (Lipinski definition) is 6. The van der Waals surface area contributed by atoms with Gasteiger partial charge in [0.25, 0.3) is 17.7 Å². The highest BCUT2D eigenvalue weighted by Gasteiger charge is 2.45. The Balaban J connectivity index is 0.947. The summed E-state index contributed by atoms with van der Waals surface area (Å²) in [4.78, 5) is 78.0. The Morgan fingerprint density at radius 2 is 1.81 bits per heavy atom. The molecule has 3 heterocycles. The Morgan fingerprint density at radius 3 is 2.53 bits per heavy atom. The summed E-state index contributed by atoms with van der Waals surface area (Å²) in [6.45, 7) is 5.80. The second-order valence-electron chi connectivity index (χ2n) is 13.6. The summed E-state index contributed by atoms with van der Waals surface area (Å²) >= 11 is 0. The van der Waals surface area contributed by atoms with Gasteiger partial charge in [-0.15, -0.1) is 5.10 Å². The molecule has 2 atom stereocenters. The molecule has 4 aromatic rings. The van der Waals surface area contributed by atoms with Gasteiger partial charge < -0.3 is 20.3 Å². The predicted octanol–water partition coefficient (Wildman–Crippen LogP) is 3.43. The van der Waals surface area contributed by atoms with Gasteiger partial charge in [-0.25, -0.2) is 15.0 Å². The number of ether oxygens (including phenoxy) is 1. The fourth-order valence-electron chi connectivity index (χ4n) is 6.43. The van der Waals surface area contributed by atoms with Crippen molar-refractivity contribution in [2.75, 3.05) is 30.5 Å². The average molecular weight is 781 g/mol. The molecular formula is C39H44N10O8. The summed E-state index contributed by atoms with van der Waals surface area (Å²) in [5.41, 5.74) is 4.83. The molecule has 0 bridgehead atoms. The molecule has 3 aromatic carbocycles. The number of unbranched alkanes of at least 4 members (excludes halogenated alkanes) is 1. The first kappa shape index (κ1) is 40.0. The minimum Gasteiger partial charge on any atom is -0.492 e. The largest absolute Gasteiger partial charge is 0.492 e. The van der Waals surface area contributed by atoms with Crippen molar-refractivity contribution >= 4 is 46.9 Å². The molecule has 6 rings (SSSR count). The van der Waals surface area contributed by atoms with E-state index in [-0.39, 0.29) is 42.7 Å². The van der Waals surface area contributed by atoms with Crippen molar-refractivity contribution in [3.8, 4) is 5.75 Å². The van der Waals surface area contributed by atoms with E-state index in [4.69, 9.17) is 9.94 Å². The van der Waals surface area contributed by atoms with Crippen LogP contribution in [0.15, 0.2) is 72.9 Å². The molecule has 0 aliphatic carbocycles. The number of hydroxylamine groups is 1. The molecule has 18 nitrogen and oxygen atoms in total. The Labute approximate surface area is 327 Å². The molecule has 0 spiro atoms. The van der Waals surface area contributed by atoms with Crippen LogP contribution in [0.1, 0.15) is 87.9 Å². The number of rotatable bonds is 17. The first-order chi connectivity index (χ1) is 27.6. The van der Waals surface area contributed by atoms with Gasteiger partial charge in [-0.3, -0.25) is 44.7 Å². The molecule has 2 aliphatic heterocycles. The molecule has 0 saturated carbocycles. The standard InChI is InChI=1S/C39H44N10O8/c1-3-4-18-47(21-25-8-10-26(11-9-25)35(51)45-56)39(55)42-27-12-14-28(15-13-27)57-20-19-48-22-31(44-46-48)24(2)40-23-41-30-7-5-6-29-34(30)38(54)49(37(29)53)32-16-17-33(50)43-36(32)52/h5-15,22,24,32,40-41,56H,3-4,16-21,23H2,1-2H3,(H,42,55)(H,45,51)(H,43,50,52). The van der Waals surface area contributed by atoms with Gasteiger partial charge in [0, 0.05) is 36.4 Å². The fraction of sp³-hybridized carbons (Fsp3) is 0.333. The molecule has 57 heavy (non-hydrogen) atoms. The van der Waals surface area contributed by atoms with E-state index in [1.807, 2.05) is 13.8 Å². The van der Waals surface area contributed by atoms with E-state index in [9.17, 15) is 28.8 Å². The number of fused-ring (bicyclic) bond motifs is 1. The number of nitrogens with zero attached hydrogens (tertiary/aromatic N) is 5. The highest BCUT2D eigenvalue weighted by atomic mass is 16.5. The van der Waals surface area contributed by atoms with Gasteiger partial charge in [0.05, 0.1) is 42.3 Å². The second-order valence-corrected chi connectivity index (χ2v) is 13.6. The summed E-state index contributed by atoms with van der Waals surface area (Å²) in [5, 5.41) is 28.9. The van der Waals surface area contributed by atoms with E-state index in [2.05, 4.69) is 31.6 Å². The molecule has 6 N–H and O–H groups in total. The summed E-state index contributed by atoms with van der Waals surface area (Å²) in [7, 11) is 0. The summed E-state index contributed by atoms with van der Waals surface area (Å²) in [5.74, 6) is -2.25. The lowest BCUT2D eigenvalue weighted by Crippen LogP contribution is -2.54. The molecular weight excluding hydrogens is 736 g/mol. The van der Waals surface area contributed by atoms with E-state index in [1.54, 1.807) is 88.0 Å². The third-order valence-corrected chi connectivity index (χ3v) is 9.61. The Morgan fingerprint density at radius 1 is 1.04 bits per heavy atom. The van der Waals surface area contributed by atoms with Crippen molar-refractivity contribution in [2.45, 2.75) is 64.7 Å². The van der Waals surface area contributed by atoms with Crippen LogP contribution in [0.25, 0.3) is 0 Å². The Hall–Kier alpha value is -6.66. The summed E-state index contributed by atoms with van der Waals surface area (Å²) in [6.07, 6.45) is 3.66. The van der Waals surface area contributed by atoms with Gasteiger partial charge in [0.2, 0.25) is 11.8 Å². The number of hydrogen-bond acceptors (Lipinski definition) is 12. The summed E-state index contributed by atoms with van der Waals surface area (Å²) in [6, 6.07) is 17.1. The average Bonchev–Trinajstić information content (AvgIpc) is 3.79. The molecule has 1 fully saturated rings. The zero-order chi connectivity index (χ0) is 40.5. The molecule has 2 unspecified atom stereocenters. The minimum atomic E-state index is -1.04. The number of imide groups is 2. The maximum absolute atomic E-state index is 13.4. The number of anilines is 2. The van der Waals surface area contributed by atoms with Crippen LogP contribution in [0.4, 0.5) is 16.2 Å². The normalized spacial score (nSPS) is 15.5. The zero-order valence-corrected chi connectivity index (χ0v) is 31.5. The molecule has 0 radical (unpaired) electrons. The minimum absolute atomic E-state index is 0.0437. The summed E-state index contributed by atoms with van der Waals surface area (Å²) < 4.78 is 7.56. The molecule has 1 aromatic heterocycles. The van der Waals surface area contributed by atoms with Crippen LogP contribution in [-0.4, -0.2) is 91.4 Å². The number of amides is 7. The maximum atomic E-state index is 13.4. The Kier molecular flexibility index (Phi) is 12.9. The van der Waals surface area contributed by atoms with Gasteiger partial charge in [-0.1, -0.05) is 36.8 Å². The lowest BCUT2D eigenvalue weighted by Gasteiger charge is -2.27. The van der Waals surface area contributed by atoms with E-state index in [0.717, 1.165) is 23.3 Å². The van der Waals surface area contributed by atoms with Crippen molar-refractivity contribution in [1.82, 2.24) is 40.9 Å². The quantitative estimate of drug-likeness (QED) is 0.0392. The van der Waals surface area contributed by atoms with Crippen molar-refractivity contribution < 1.29 is 38.7 Å². The van der Waals surface area contributed by atoms with Gasteiger partial charge in [0.1, 0.15) is 18.4 Å². The zero-order valence-electron chi connectivity index (χ0n) is 31.5. The number of piperidine rings is 1. The number of benzene rings is 3. The van der Waals surface area contributed by atoms with Crippen LogP contribution in [0.2, 0.25) is 0 Å². The molecule has 2 aliphatic rings. The van der Waals surface area contributed by atoms with Crippen LogP contribution in [0, 0.1) is 0 Å². The molecule has 1 saturated heterocycles. The molecule has 298 valence electrons. The number of urea groups is 1. The molecule has 18 heteroatoms. The van der Waals surface area contributed by atoms with Crippen molar-refractivity contribution in [1.29, 1.82) is 0 Å². The van der Waals surface area contributed by atoms with Crippen LogP contribution in [0.5, 0.6) is 5.75 Å². The van der Waals surface area contributed by atoms with E-state index < -0.39 is 35.6 Å². The second kappa shape index (κ2) is 18.3. The lowest BCUT2D eigenvalue weighted by atomic mass is 10.0. The van der Waals surface area contributed by atoms with Gasteiger partial charge >= 0.3 is 6.03 Å². The van der Waals surface area contributed by atoms with Crippen LogP contribution in [-0.2, 0) is 22.7 Å². The highest BCUT2D eigenvalue weighted by Crippen LogP contribution is 2.32. The topological polar surface area (TPSA) is 229 Å². The van der Waals surface area contributed by atoms with Crippen molar-refractivity contribution in [2.24, 2.45) is 0 Å². The van der Waals surface area contributed by atoms with Gasteiger partial charge in [-0.05, 0) is 73.9 Å². The number of carbonyl (C=O) groups is 6. The first-order valence-electron chi connectivity index (χ1n) is 18.6. The SMILES string of the molecule is CCCCN(Cc1ccc(C(=O)NO)cc1)C(=O)Nc1ccc(OCCn2cc(C(C)NCNc3cccc4c3C(=O)N(C3CCC(=O)NC3=O)C4=O)nn2)cc1. The molecule has 7 amide bonds. The van der Waals surface area contributed by atoms with E-state index in [1.165, 1.54) is 0 Å². The van der Waals surface area contributed by atoms with Crippen molar-refractivity contribution in [3.05, 3.63) is 101 Å². The first-order valence-corrected chi connectivity index (χ1v) is 18.6.